The van der Waals surface area contributed by atoms with E-state index in [0.29, 0.717) is 6.04 Å². The minimum atomic E-state index is 0.458. The van der Waals surface area contributed by atoms with Crippen molar-refractivity contribution in [2.24, 2.45) is 11.5 Å². The molecule has 0 saturated carbocycles. The molecular formula is C18H40N2. The maximum Gasteiger partial charge on any atom is 0.00387 e. The zero-order chi connectivity index (χ0) is 14.9. The van der Waals surface area contributed by atoms with Gasteiger partial charge in [-0.25, -0.2) is 0 Å². The fraction of sp³-hybridized carbons (Fsp3) is 1.00. The van der Waals surface area contributed by atoms with E-state index < -0.39 is 0 Å². The van der Waals surface area contributed by atoms with Gasteiger partial charge in [0.05, 0.1) is 0 Å². The van der Waals surface area contributed by atoms with Gasteiger partial charge in [-0.15, -0.1) is 0 Å². The van der Waals surface area contributed by atoms with Gasteiger partial charge in [-0.05, 0) is 25.8 Å². The average Bonchev–Trinajstić information content (AvgIpc) is 2.44. The molecule has 122 valence electrons. The highest BCUT2D eigenvalue weighted by molar-refractivity contribution is 4.60. The number of hydrogen-bond acceptors (Lipinski definition) is 2. The second-order valence-electron chi connectivity index (χ2n) is 6.37. The summed E-state index contributed by atoms with van der Waals surface area (Å²) in [5.74, 6) is 0. The van der Waals surface area contributed by atoms with Gasteiger partial charge >= 0.3 is 0 Å². The molecule has 0 aliphatic heterocycles. The van der Waals surface area contributed by atoms with E-state index in [9.17, 15) is 0 Å². The van der Waals surface area contributed by atoms with Crippen LogP contribution in [0.2, 0.25) is 0 Å². The summed E-state index contributed by atoms with van der Waals surface area (Å²) in [6.07, 6.45) is 20.3. The SMILES string of the molecule is CCCC(N)CCCCCCCCCCCCCCN. The van der Waals surface area contributed by atoms with Crippen LogP contribution in [0.3, 0.4) is 0 Å². The van der Waals surface area contributed by atoms with E-state index in [2.05, 4.69) is 6.92 Å². The van der Waals surface area contributed by atoms with Crippen LogP contribution in [-0.4, -0.2) is 12.6 Å². The van der Waals surface area contributed by atoms with E-state index in [0.717, 1.165) is 6.54 Å². The van der Waals surface area contributed by atoms with Gasteiger partial charge in [0, 0.05) is 6.04 Å². The molecule has 0 radical (unpaired) electrons. The molecule has 1 atom stereocenters. The van der Waals surface area contributed by atoms with Gasteiger partial charge in [0.15, 0.2) is 0 Å². The molecule has 0 aliphatic rings. The molecule has 0 heterocycles. The highest BCUT2D eigenvalue weighted by Gasteiger charge is 2.00. The molecule has 0 aromatic rings. The van der Waals surface area contributed by atoms with Crippen molar-refractivity contribution in [2.75, 3.05) is 6.54 Å². The van der Waals surface area contributed by atoms with Gasteiger partial charge in [-0.2, -0.15) is 0 Å². The Morgan fingerprint density at radius 3 is 1.40 bits per heavy atom. The highest BCUT2D eigenvalue weighted by atomic mass is 14.6. The highest BCUT2D eigenvalue weighted by Crippen LogP contribution is 2.13. The third kappa shape index (κ3) is 16.0. The Kier molecular flexibility index (Phi) is 16.9. The predicted octanol–water partition coefficient (Wildman–Crippen LogP) is 5.14. The van der Waals surface area contributed by atoms with E-state index in [1.165, 1.54) is 96.3 Å². The number of hydrogen-bond donors (Lipinski definition) is 2. The lowest BCUT2D eigenvalue weighted by Crippen LogP contribution is -2.18. The van der Waals surface area contributed by atoms with Crippen LogP contribution in [-0.2, 0) is 0 Å². The van der Waals surface area contributed by atoms with Crippen molar-refractivity contribution in [3.63, 3.8) is 0 Å². The molecule has 1 unspecified atom stereocenters. The van der Waals surface area contributed by atoms with Crippen LogP contribution in [0.15, 0.2) is 0 Å². The maximum atomic E-state index is 6.02. The third-order valence-corrected chi connectivity index (χ3v) is 4.19. The molecule has 2 nitrogen and oxygen atoms in total. The molecule has 0 saturated heterocycles. The lowest BCUT2D eigenvalue weighted by molar-refractivity contribution is 0.500. The van der Waals surface area contributed by atoms with E-state index in [1.807, 2.05) is 0 Å². The first-order valence-electron chi connectivity index (χ1n) is 9.27. The number of unbranched alkanes of at least 4 members (excludes halogenated alkanes) is 11. The Balaban J connectivity index is 2.99. The van der Waals surface area contributed by atoms with Gasteiger partial charge in [0.2, 0.25) is 0 Å². The molecule has 0 aromatic heterocycles. The van der Waals surface area contributed by atoms with Gasteiger partial charge < -0.3 is 11.5 Å². The average molecular weight is 285 g/mol. The van der Waals surface area contributed by atoms with E-state index in [-0.39, 0.29) is 0 Å². The number of rotatable bonds is 16. The summed E-state index contributed by atoms with van der Waals surface area (Å²) < 4.78 is 0. The zero-order valence-electron chi connectivity index (χ0n) is 14.0. The van der Waals surface area contributed by atoms with Crippen molar-refractivity contribution in [1.29, 1.82) is 0 Å². The lowest BCUT2D eigenvalue weighted by atomic mass is 10.0. The van der Waals surface area contributed by atoms with Crippen molar-refractivity contribution in [3.05, 3.63) is 0 Å². The van der Waals surface area contributed by atoms with Crippen molar-refractivity contribution in [2.45, 2.75) is 109 Å². The topological polar surface area (TPSA) is 52.0 Å². The molecular weight excluding hydrogens is 244 g/mol. The summed E-state index contributed by atoms with van der Waals surface area (Å²) >= 11 is 0. The Hall–Kier alpha value is -0.0800. The van der Waals surface area contributed by atoms with E-state index >= 15 is 0 Å². The Morgan fingerprint density at radius 2 is 1.00 bits per heavy atom. The van der Waals surface area contributed by atoms with Gasteiger partial charge in [0.25, 0.3) is 0 Å². The third-order valence-electron chi connectivity index (χ3n) is 4.19. The first-order chi connectivity index (χ1) is 9.81. The lowest BCUT2D eigenvalue weighted by Gasteiger charge is -2.09. The molecule has 20 heavy (non-hydrogen) atoms. The van der Waals surface area contributed by atoms with Gasteiger partial charge in [-0.3, -0.25) is 0 Å². The molecule has 0 aromatic carbocycles. The second kappa shape index (κ2) is 17.0. The van der Waals surface area contributed by atoms with Crippen LogP contribution in [0.4, 0.5) is 0 Å². The van der Waals surface area contributed by atoms with Gasteiger partial charge in [0.1, 0.15) is 0 Å². The van der Waals surface area contributed by atoms with Gasteiger partial charge in [-0.1, -0.05) is 84.0 Å². The maximum absolute atomic E-state index is 6.02. The van der Waals surface area contributed by atoms with Crippen molar-refractivity contribution in [1.82, 2.24) is 0 Å². The second-order valence-corrected chi connectivity index (χ2v) is 6.37. The zero-order valence-corrected chi connectivity index (χ0v) is 14.0. The van der Waals surface area contributed by atoms with Crippen molar-refractivity contribution < 1.29 is 0 Å². The molecule has 0 aliphatic carbocycles. The Labute approximate surface area is 128 Å². The smallest absolute Gasteiger partial charge is 0.00387 e. The van der Waals surface area contributed by atoms with Crippen LogP contribution in [0, 0.1) is 0 Å². The molecule has 0 spiro atoms. The van der Waals surface area contributed by atoms with Crippen LogP contribution in [0.5, 0.6) is 0 Å². The van der Waals surface area contributed by atoms with Crippen LogP contribution < -0.4 is 11.5 Å². The van der Waals surface area contributed by atoms with Crippen LogP contribution >= 0.6 is 0 Å². The molecule has 0 bridgehead atoms. The van der Waals surface area contributed by atoms with E-state index in [1.54, 1.807) is 0 Å². The summed E-state index contributed by atoms with van der Waals surface area (Å²) in [6.45, 7) is 3.08. The molecule has 0 amide bonds. The summed E-state index contributed by atoms with van der Waals surface area (Å²) in [4.78, 5) is 0. The summed E-state index contributed by atoms with van der Waals surface area (Å²) in [5, 5.41) is 0. The van der Waals surface area contributed by atoms with Crippen molar-refractivity contribution >= 4 is 0 Å². The molecule has 4 N–H and O–H groups in total. The van der Waals surface area contributed by atoms with Crippen LogP contribution in [0.1, 0.15) is 103 Å². The normalized spacial score (nSPS) is 12.8. The summed E-state index contributed by atoms with van der Waals surface area (Å²) in [7, 11) is 0. The summed E-state index contributed by atoms with van der Waals surface area (Å²) in [6, 6.07) is 0.458. The fourth-order valence-corrected chi connectivity index (χ4v) is 2.83. The minimum Gasteiger partial charge on any atom is -0.330 e. The quantitative estimate of drug-likeness (QED) is 0.385. The predicted molar refractivity (Wildman–Crippen MR) is 92.0 cm³/mol. The Bertz CT molecular complexity index is 171. The molecule has 0 fully saturated rings. The fourth-order valence-electron chi connectivity index (χ4n) is 2.83. The molecule has 0 rings (SSSR count). The largest absolute Gasteiger partial charge is 0.330 e. The monoisotopic (exact) mass is 284 g/mol. The summed E-state index contributed by atoms with van der Waals surface area (Å²) in [5.41, 5.74) is 11.5. The standard InChI is InChI=1S/C18H40N2/c1-2-15-18(20)16-13-11-9-7-5-3-4-6-8-10-12-14-17-19/h18H,2-17,19-20H2,1H3. The number of nitrogens with two attached hydrogens (primary N) is 2. The van der Waals surface area contributed by atoms with Crippen molar-refractivity contribution in [3.8, 4) is 0 Å². The Morgan fingerprint density at radius 1 is 0.600 bits per heavy atom. The van der Waals surface area contributed by atoms with Crippen LogP contribution in [0.25, 0.3) is 0 Å². The minimum absolute atomic E-state index is 0.458. The first-order valence-corrected chi connectivity index (χ1v) is 9.27. The van der Waals surface area contributed by atoms with E-state index in [4.69, 9.17) is 11.5 Å². The first kappa shape index (κ1) is 19.9. The molecule has 2 heteroatoms.